The van der Waals surface area contributed by atoms with E-state index in [9.17, 15) is 4.79 Å². The van der Waals surface area contributed by atoms with Gasteiger partial charge in [-0.3, -0.25) is 4.79 Å². The Kier molecular flexibility index (Phi) is 5.47. The highest BCUT2D eigenvalue weighted by atomic mass is 35.5. The Balaban J connectivity index is 1.82. The quantitative estimate of drug-likeness (QED) is 0.495. The van der Waals surface area contributed by atoms with E-state index in [4.69, 9.17) is 11.6 Å². The van der Waals surface area contributed by atoms with Gasteiger partial charge in [0.25, 0.3) is 5.91 Å². The Bertz CT molecular complexity index is 1010. The molecule has 0 bridgehead atoms. The minimum absolute atomic E-state index is 0.295. The van der Waals surface area contributed by atoms with Crippen LogP contribution in [0.15, 0.2) is 53.6 Å². The summed E-state index contributed by atoms with van der Waals surface area (Å²) < 4.78 is 2.19. The van der Waals surface area contributed by atoms with E-state index in [1.165, 1.54) is 11.1 Å². The average molecular weight is 380 g/mol. The third-order valence-corrected chi connectivity index (χ3v) is 4.63. The van der Waals surface area contributed by atoms with E-state index < -0.39 is 0 Å². The van der Waals surface area contributed by atoms with E-state index in [0.717, 1.165) is 22.6 Å². The van der Waals surface area contributed by atoms with Gasteiger partial charge in [-0.05, 0) is 75.2 Å². The number of aryl methyl sites for hydroxylation is 3. The Morgan fingerprint density at radius 3 is 2.41 bits per heavy atom. The molecule has 0 unspecified atom stereocenters. The molecule has 0 radical (unpaired) electrons. The minimum atomic E-state index is -0.295. The molecule has 1 aromatic heterocycles. The van der Waals surface area contributed by atoms with Gasteiger partial charge in [0.15, 0.2) is 0 Å². The first kappa shape index (κ1) is 18.9. The fraction of sp³-hybridized carbons (Fsp3) is 0.182. The lowest BCUT2D eigenvalue weighted by Crippen LogP contribution is -2.17. The van der Waals surface area contributed by atoms with Crippen molar-refractivity contribution in [3.05, 3.63) is 87.2 Å². The lowest BCUT2D eigenvalue weighted by atomic mass is 10.1. The maximum absolute atomic E-state index is 12.2. The zero-order valence-electron chi connectivity index (χ0n) is 15.9. The smallest absolute Gasteiger partial charge is 0.271 e. The highest BCUT2D eigenvalue weighted by Gasteiger charge is 2.10. The van der Waals surface area contributed by atoms with E-state index in [0.29, 0.717) is 10.6 Å². The summed E-state index contributed by atoms with van der Waals surface area (Å²) >= 11 is 5.92. The molecule has 0 atom stereocenters. The van der Waals surface area contributed by atoms with Gasteiger partial charge in [0.2, 0.25) is 0 Å². The van der Waals surface area contributed by atoms with Crippen LogP contribution >= 0.6 is 11.6 Å². The van der Waals surface area contributed by atoms with Crippen LogP contribution in [-0.2, 0) is 0 Å². The molecule has 4 nitrogen and oxygen atoms in total. The van der Waals surface area contributed by atoms with Crippen molar-refractivity contribution in [1.29, 1.82) is 0 Å². The molecule has 0 saturated carbocycles. The van der Waals surface area contributed by atoms with Crippen LogP contribution in [0.25, 0.3) is 5.69 Å². The van der Waals surface area contributed by atoms with Gasteiger partial charge in [0.05, 0.1) is 6.21 Å². The van der Waals surface area contributed by atoms with Crippen molar-refractivity contribution in [2.75, 3.05) is 0 Å². The molecule has 0 spiro atoms. The largest absolute Gasteiger partial charge is 0.318 e. The number of amides is 1. The fourth-order valence-electron chi connectivity index (χ4n) is 3.25. The second-order valence-electron chi connectivity index (χ2n) is 6.72. The third kappa shape index (κ3) is 4.29. The molecule has 1 heterocycles. The van der Waals surface area contributed by atoms with E-state index in [-0.39, 0.29) is 5.91 Å². The normalized spacial score (nSPS) is 11.1. The summed E-state index contributed by atoms with van der Waals surface area (Å²) in [7, 11) is 0. The van der Waals surface area contributed by atoms with E-state index >= 15 is 0 Å². The van der Waals surface area contributed by atoms with E-state index in [2.05, 4.69) is 60.1 Å². The SMILES string of the molecule is Cc1cc(C)cc(-n2c(C)cc(/C=N\NC(=O)c3cccc(Cl)c3)c2C)c1. The summed E-state index contributed by atoms with van der Waals surface area (Å²) in [4.78, 5) is 12.2. The Hall–Kier alpha value is -2.85. The van der Waals surface area contributed by atoms with Gasteiger partial charge in [-0.2, -0.15) is 5.10 Å². The molecule has 3 aromatic rings. The van der Waals surface area contributed by atoms with Gasteiger partial charge >= 0.3 is 0 Å². The van der Waals surface area contributed by atoms with Crippen LogP contribution < -0.4 is 5.43 Å². The van der Waals surface area contributed by atoms with Crippen molar-refractivity contribution in [3.8, 4) is 5.69 Å². The highest BCUT2D eigenvalue weighted by Crippen LogP contribution is 2.22. The summed E-state index contributed by atoms with van der Waals surface area (Å²) in [5.41, 5.74) is 9.74. The van der Waals surface area contributed by atoms with Crippen molar-refractivity contribution in [3.63, 3.8) is 0 Å². The Morgan fingerprint density at radius 1 is 1.04 bits per heavy atom. The molecule has 1 amide bonds. The van der Waals surface area contributed by atoms with Crippen LogP contribution in [0.2, 0.25) is 5.02 Å². The van der Waals surface area contributed by atoms with Crippen LogP contribution in [0.3, 0.4) is 0 Å². The standard InChI is InChI=1S/C22H22ClN3O/c1-14-8-15(2)10-21(9-14)26-16(3)11-19(17(26)4)13-24-25-22(27)18-6-5-7-20(23)12-18/h5-13H,1-4H3,(H,25,27)/b24-13-. The molecule has 2 aromatic carbocycles. The number of halogens is 1. The van der Waals surface area contributed by atoms with Crippen LogP contribution in [0.4, 0.5) is 0 Å². The van der Waals surface area contributed by atoms with Gasteiger partial charge < -0.3 is 4.57 Å². The summed E-state index contributed by atoms with van der Waals surface area (Å²) in [6, 6.07) is 15.3. The van der Waals surface area contributed by atoms with Crippen LogP contribution in [0.1, 0.15) is 38.4 Å². The number of nitrogens with zero attached hydrogens (tertiary/aromatic N) is 2. The maximum atomic E-state index is 12.2. The first-order valence-electron chi connectivity index (χ1n) is 8.72. The molecule has 0 aliphatic rings. The second-order valence-corrected chi connectivity index (χ2v) is 7.15. The maximum Gasteiger partial charge on any atom is 0.271 e. The molecule has 3 rings (SSSR count). The van der Waals surface area contributed by atoms with Gasteiger partial charge in [-0.15, -0.1) is 0 Å². The molecule has 1 N–H and O–H groups in total. The summed E-state index contributed by atoms with van der Waals surface area (Å²) in [5.74, 6) is -0.295. The van der Waals surface area contributed by atoms with Crippen molar-refractivity contribution in [1.82, 2.24) is 9.99 Å². The van der Waals surface area contributed by atoms with Crippen LogP contribution in [0, 0.1) is 27.7 Å². The van der Waals surface area contributed by atoms with E-state index in [1.807, 2.05) is 6.92 Å². The molecule has 0 fully saturated rings. The predicted molar refractivity (Wildman–Crippen MR) is 111 cm³/mol. The van der Waals surface area contributed by atoms with Gasteiger partial charge in [-0.25, -0.2) is 5.43 Å². The lowest BCUT2D eigenvalue weighted by molar-refractivity contribution is 0.0955. The molecular weight excluding hydrogens is 358 g/mol. The van der Waals surface area contributed by atoms with Crippen molar-refractivity contribution < 1.29 is 4.79 Å². The molecule has 138 valence electrons. The summed E-state index contributed by atoms with van der Waals surface area (Å²) in [6.45, 7) is 8.30. The zero-order chi connectivity index (χ0) is 19.6. The van der Waals surface area contributed by atoms with Gasteiger partial charge in [0, 0.05) is 33.2 Å². The molecule has 0 aliphatic heterocycles. The molecular formula is C22H22ClN3O. The monoisotopic (exact) mass is 379 g/mol. The second kappa shape index (κ2) is 7.80. The Morgan fingerprint density at radius 2 is 1.74 bits per heavy atom. The van der Waals surface area contributed by atoms with Crippen molar-refractivity contribution in [2.24, 2.45) is 5.10 Å². The molecule has 0 aliphatic carbocycles. The molecule has 27 heavy (non-hydrogen) atoms. The number of benzene rings is 2. The van der Waals surface area contributed by atoms with Crippen LogP contribution in [-0.4, -0.2) is 16.7 Å². The number of hydrazone groups is 1. The average Bonchev–Trinajstić information content (AvgIpc) is 2.87. The van der Waals surface area contributed by atoms with Crippen molar-refractivity contribution >= 4 is 23.7 Å². The predicted octanol–water partition coefficient (Wildman–Crippen LogP) is 5.13. The zero-order valence-corrected chi connectivity index (χ0v) is 16.6. The first-order chi connectivity index (χ1) is 12.8. The number of nitrogens with one attached hydrogen (secondary N) is 1. The highest BCUT2D eigenvalue weighted by molar-refractivity contribution is 6.30. The van der Waals surface area contributed by atoms with Gasteiger partial charge in [0.1, 0.15) is 0 Å². The van der Waals surface area contributed by atoms with Crippen molar-refractivity contribution in [2.45, 2.75) is 27.7 Å². The number of rotatable bonds is 4. The fourth-order valence-corrected chi connectivity index (χ4v) is 3.44. The van der Waals surface area contributed by atoms with E-state index in [1.54, 1.807) is 30.5 Å². The number of hydrogen-bond donors (Lipinski definition) is 1. The minimum Gasteiger partial charge on any atom is -0.318 e. The summed E-state index contributed by atoms with van der Waals surface area (Å²) in [6.07, 6.45) is 1.67. The molecule has 5 heteroatoms. The Labute approximate surface area is 164 Å². The summed E-state index contributed by atoms with van der Waals surface area (Å²) in [5, 5.41) is 4.63. The topological polar surface area (TPSA) is 46.4 Å². The van der Waals surface area contributed by atoms with Crippen LogP contribution in [0.5, 0.6) is 0 Å². The van der Waals surface area contributed by atoms with Gasteiger partial charge in [-0.1, -0.05) is 23.7 Å². The number of aromatic nitrogens is 1. The molecule has 0 saturated heterocycles. The number of carbonyl (C=O) groups is 1. The first-order valence-corrected chi connectivity index (χ1v) is 9.09. The third-order valence-electron chi connectivity index (χ3n) is 4.39. The number of carbonyl (C=O) groups excluding carboxylic acids is 1. The number of hydrogen-bond acceptors (Lipinski definition) is 2. The lowest BCUT2D eigenvalue weighted by Gasteiger charge is -2.11.